The van der Waals surface area contributed by atoms with Crippen molar-refractivity contribution < 1.29 is 29.0 Å². The minimum Gasteiger partial charge on any atom is -0.465 e. The van der Waals surface area contributed by atoms with Crippen LogP contribution in [0.1, 0.15) is 26.7 Å². The molecule has 4 heterocycles. The zero-order valence-corrected chi connectivity index (χ0v) is 20.5. The number of aliphatic hydroxyl groups is 1. The minimum absolute atomic E-state index is 0.215. The van der Waals surface area contributed by atoms with Gasteiger partial charge in [-0.25, -0.2) is 0 Å². The molecule has 1 unspecified atom stereocenters. The van der Waals surface area contributed by atoms with E-state index in [9.17, 15) is 19.5 Å². The standard InChI is InChI=1S/C26H29ClN2O6/c1-3-16(15-30)29-21-23(32)28(18-10-5-4-9-17(18)27)13-8-12-26(21)19(22(29)31)20-24(33)34-14-7-6-11-25(20,2)35-26/h4-6,8-12,16,19-21,30H,3,7,13-15H2,1-2H3/t16-,19-,20-,21?,25+,26-/m0/s1. The van der Waals surface area contributed by atoms with E-state index in [1.165, 1.54) is 9.80 Å². The highest BCUT2D eigenvalue weighted by atomic mass is 35.5. The number of para-hydroxylation sites is 1. The van der Waals surface area contributed by atoms with E-state index in [1.807, 2.05) is 19.1 Å². The van der Waals surface area contributed by atoms with E-state index < -0.39 is 47.0 Å². The Hall–Kier alpha value is -2.68. The topological polar surface area (TPSA) is 96.4 Å². The molecule has 0 bridgehead atoms. The van der Waals surface area contributed by atoms with Gasteiger partial charge >= 0.3 is 5.97 Å². The number of ether oxygens (including phenoxy) is 2. The highest BCUT2D eigenvalue weighted by Gasteiger charge is 2.75. The molecule has 0 saturated carbocycles. The lowest BCUT2D eigenvalue weighted by atomic mass is 9.74. The van der Waals surface area contributed by atoms with Crippen molar-refractivity contribution in [2.45, 2.75) is 50.0 Å². The van der Waals surface area contributed by atoms with E-state index in [2.05, 4.69) is 0 Å². The molecule has 1 spiro atoms. The SMILES string of the molecule is CC[C@@H](CO)N1C(=O)[C@@H]2[C@H]3C(=O)OCCC=C[C@@]3(C)O[C@@]23C=CCN(c2ccccc2Cl)C(=O)C13. The molecule has 35 heavy (non-hydrogen) atoms. The molecule has 1 aromatic carbocycles. The zero-order valence-electron chi connectivity index (χ0n) is 19.7. The van der Waals surface area contributed by atoms with E-state index in [1.54, 1.807) is 43.3 Å². The maximum atomic E-state index is 14.3. The minimum atomic E-state index is -1.40. The van der Waals surface area contributed by atoms with E-state index >= 15 is 0 Å². The number of anilines is 1. The van der Waals surface area contributed by atoms with Crippen molar-refractivity contribution in [3.05, 3.63) is 53.6 Å². The quantitative estimate of drug-likeness (QED) is 0.504. The van der Waals surface area contributed by atoms with E-state index in [0.717, 1.165) is 0 Å². The van der Waals surface area contributed by atoms with Crippen molar-refractivity contribution in [2.75, 3.05) is 24.7 Å². The van der Waals surface area contributed by atoms with Gasteiger partial charge in [0.05, 0.1) is 41.5 Å². The number of amides is 2. The number of aliphatic hydroxyl groups excluding tert-OH is 1. The summed E-state index contributed by atoms with van der Waals surface area (Å²) in [6, 6.07) is 5.32. The van der Waals surface area contributed by atoms with Gasteiger partial charge in [-0.2, -0.15) is 0 Å². The second-order valence-corrected chi connectivity index (χ2v) is 10.1. The van der Waals surface area contributed by atoms with Crippen LogP contribution >= 0.6 is 11.6 Å². The summed E-state index contributed by atoms with van der Waals surface area (Å²) < 4.78 is 12.2. The summed E-state index contributed by atoms with van der Waals surface area (Å²) in [6.45, 7) is 3.72. The molecule has 6 atom stereocenters. The van der Waals surface area contributed by atoms with Gasteiger partial charge in [-0.05, 0) is 31.9 Å². The Kier molecular flexibility index (Phi) is 6.02. The fourth-order valence-corrected chi connectivity index (χ4v) is 6.36. The van der Waals surface area contributed by atoms with E-state index in [4.69, 9.17) is 21.1 Å². The lowest BCUT2D eigenvalue weighted by Crippen LogP contribution is -2.58. The Labute approximate surface area is 209 Å². The molecule has 0 aromatic heterocycles. The largest absolute Gasteiger partial charge is 0.465 e. The number of esters is 1. The van der Waals surface area contributed by atoms with Gasteiger partial charge in [-0.15, -0.1) is 0 Å². The average molecular weight is 501 g/mol. The summed E-state index contributed by atoms with van der Waals surface area (Å²) in [5.41, 5.74) is -2.02. The molecule has 186 valence electrons. The first kappa shape index (κ1) is 24.0. The van der Waals surface area contributed by atoms with Crippen molar-refractivity contribution in [1.82, 2.24) is 4.90 Å². The summed E-state index contributed by atoms with van der Waals surface area (Å²) in [7, 11) is 0. The van der Waals surface area contributed by atoms with Crippen LogP contribution in [0.25, 0.3) is 0 Å². The Balaban J connectivity index is 1.69. The fourth-order valence-electron chi connectivity index (χ4n) is 6.12. The Morgan fingerprint density at radius 2 is 1.91 bits per heavy atom. The normalized spacial score (nSPS) is 35.1. The fraction of sp³-hybridized carbons (Fsp3) is 0.500. The zero-order chi connectivity index (χ0) is 25.0. The number of cyclic esters (lactones) is 1. The molecule has 2 fully saturated rings. The Morgan fingerprint density at radius 1 is 1.14 bits per heavy atom. The van der Waals surface area contributed by atoms with Gasteiger partial charge in [0.2, 0.25) is 5.91 Å². The van der Waals surface area contributed by atoms with Crippen LogP contribution < -0.4 is 4.90 Å². The van der Waals surface area contributed by atoms with Gasteiger partial charge in [-0.1, -0.05) is 55.0 Å². The summed E-state index contributed by atoms with van der Waals surface area (Å²) in [5.74, 6) is -3.19. The lowest BCUT2D eigenvalue weighted by molar-refractivity contribution is -0.160. The van der Waals surface area contributed by atoms with Crippen LogP contribution in [0.15, 0.2) is 48.6 Å². The third-order valence-electron chi connectivity index (χ3n) is 7.68. The summed E-state index contributed by atoms with van der Waals surface area (Å²) in [6.07, 6.45) is 8.22. The third kappa shape index (κ3) is 3.45. The summed E-state index contributed by atoms with van der Waals surface area (Å²) in [4.78, 5) is 44.6. The molecule has 1 aromatic rings. The molecule has 8 nitrogen and oxygen atoms in total. The third-order valence-corrected chi connectivity index (χ3v) is 8.00. The van der Waals surface area contributed by atoms with Gasteiger partial charge in [0, 0.05) is 6.54 Å². The van der Waals surface area contributed by atoms with Crippen molar-refractivity contribution in [3.63, 3.8) is 0 Å². The number of hydrogen-bond acceptors (Lipinski definition) is 6. The van der Waals surface area contributed by atoms with Crippen LogP contribution in [0.2, 0.25) is 5.02 Å². The van der Waals surface area contributed by atoms with Crippen LogP contribution in [0.5, 0.6) is 0 Å². The van der Waals surface area contributed by atoms with Crippen molar-refractivity contribution in [2.24, 2.45) is 11.8 Å². The number of likely N-dealkylation sites (tertiary alicyclic amines) is 1. The molecule has 5 rings (SSSR count). The molecular formula is C26H29ClN2O6. The first-order chi connectivity index (χ1) is 16.8. The van der Waals surface area contributed by atoms with Gasteiger partial charge in [-0.3, -0.25) is 14.4 Å². The van der Waals surface area contributed by atoms with Crippen LogP contribution in [-0.4, -0.2) is 70.8 Å². The molecule has 0 aliphatic carbocycles. The maximum absolute atomic E-state index is 14.3. The smallest absolute Gasteiger partial charge is 0.313 e. The molecule has 4 aliphatic rings. The van der Waals surface area contributed by atoms with Crippen LogP contribution in [0, 0.1) is 11.8 Å². The molecule has 2 amide bonds. The number of nitrogens with zero attached hydrogens (tertiary/aromatic N) is 2. The van der Waals surface area contributed by atoms with E-state index in [-0.39, 0.29) is 25.7 Å². The first-order valence-electron chi connectivity index (χ1n) is 12.0. The van der Waals surface area contributed by atoms with Gasteiger partial charge in [0.15, 0.2) is 0 Å². The number of carbonyl (C=O) groups excluding carboxylic acids is 3. The summed E-state index contributed by atoms with van der Waals surface area (Å²) >= 11 is 6.45. The molecule has 1 N–H and O–H groups in total. The van der Waals surface area contributed by atoms with Crippen LogP contribution in [0.3, 0.4) is 0 Å². The van der Waals surface area contributed by atoms with Crippen molar-refractivity contribution in [1.29, 1.82) is 0 Å². The van der Waals surface area contributed by atoms with Gasteiger partial charge in [0.25, 0.3) is 5.91 Å². The number of rotatable bonds is 4. The second kappa shape index (κ2) is 8.76. The molecule has 2 saturated heterocycles. The number of benzene rings is 1. The molecular weight excluding hydrogens is 472 g/mol. The van der Waals surface area contributed by atoms with Gasteiger partial charge < -0.3 is 24.4 Å². The average Bonchev–Trinajstić information content (AvgIpc) is 3.15. The molecule has 9 heteroatoms. The predicted octanol–water partition coefficient (Wildman–Crippen LogP) is 2.49. The number of carbonyl (C=O) groups is 3. The van der Waals surface area contributed by atoms with Crippen molar-refractivity contribution in [3.8, 4) is 0 Å². The number of hydrogen-bond donors (Lipinski definition) is 1. The molecule has 4 aliphatic heterocycles. The van der Waals surface area contributed by atoms with Crippen LogP contribution in [0.4, 0.5) is 5.69 Å². The van der Waals surface area contributed by atoms with Gasteiger partial charge in [0.1, 0.15) is 17.6 Å². The van der Waals surface area contributed by atoms with Crippen molar-refractivity contribution >= 4 is 35.1 Å². The lowest BCUT2D eigenvalue weighted by Gasteiger charge is -2.40. The Bertz CT molecular complexity index is 1120. The highest BCUT2D eigenvalue weighted by molar-refractivity contribution is 6.34. The number of fused-ring (bicyclic) bond motifs is 2. The maximum Gasteiger partial charge on any atom is 0.313 e. The van der Waals surface area contributed by atoms with Crippen LogP contribution in [-0.2, 0) is 23.9 Å². The second-order valence-electron chi connectivity index (χ2n) is 9.65. The monoisotopic (exact) mass is 500 g/mol. The predicted molar refractivity (Wildman–Crippen MR) is 129 cm³/mol. The number of halogens is 1. The Morgan fingerprint density at radius 3 is 2.63 bits per heavy atom. The molecule has 0 radical (unpaired) electrons. The summed E-state index contributed by atoms with van der Waals surface area (Å²) in [5, 5.41) is 10.6. The first-order valence-corrected chi connectivity index (χ1v) is 12.4. The van der Waals surface area contributed by atoms with E-state index in [0.29, 0.717) is 23.6 Å². The highest BCUT2D eigenvalue weighted by Crippen LogP contribution is 2.57.